The SMILES string of the molecule is COc1cccc(-c2cc(Cl)nc(Cc3ccc(Cl)cc3)n2)c1. The van der Waals surface area contributed by atoms with Gasteiger partial charge in [-0.15, -0.1) is 0 Å². The highest BCUT2D eigenvalue weighted by Crippen LogP contribution is 2.24. The maximum absolute atomic E-state index is 6.16. The van der Waals surface area contributed by atoms with Gasteiger partial charge in [-0.25, -0.2) is 9.97 Å². The molecule has 0 saturated heterocycles. The van der Waals surface area contributed by atoms with Gasteiger partial charge < -0.3 is 4.74 Å². The van der Waals surface area contributed by atoms with E-state index in [2.05, 4.69) is 9.97 Å². The number of aromatic nitrogens is 2. The van der Waals surface area contributed by atoms with E-state index >= 15 is 0 Å². The summed E-state index contributed by atoms with van der Waals surface area (Å²) in [6.45, 7) is 0. The maximum atomic E-state index is 6.16. The number of hydrogen-bond acceptors (Lipinski definition) is 3. The van der Waals surface area contributed by atoms with E-state index in [-0.39, 0.29) is 0 Å². The van der Waals surface area contributed by atoms with Gasteiger partial charge in [-0.2, -0.15) is 0 Å². The maximum Gasteiger partial charge on any atom is 0.135 e. The van der Waals surface area contributed by atoms with Crippen LogP contribution < -0.4 is 4.74 Å². The van der Waals surface area contributed by atoms with Crippen LogP contribution in [0.4, 0.5) is 0 Å². The Balaban J connectivity index is 1.93. The summed E-state index contributed by atoms with van der Waals surface area (Å²) in [6, 6.07) is 17.1. The second-order valence-electron chi connectivity index (χ2n) is 5.03. The third kappa shape index (κ3) is 4.01. The van der Waals surface area contributed by atoms with Gasteiger partial charge in [-0.1, -0.05) is 47.5 Å². The van der Waals surface area contributed by atoms with Gasteiger partial charge in [0.25, 0.3) is 0 Å². The number of hydrogen-bond donors (Lipinski definition) is 0. The summed E-state index contributed by atoms with van der Waals surface area (Å²) in [6.07, 6.45) is 0.592. The van der Waals surface area contributed by atoms with Crippen LogP contribution in [0.2, 0.25) is 10.2 Å². The molecule has 0 atom stereocenters. The fraction of sp³-hybridized carbons (Fsp3) is 0.111. The summed E-state index contributed by atoms with van der Waals surface area (Å²) in [5.74, 6) is 1.44. The van der Waals surface area contributed by atoms with Crippen molar-refractivity contribution < 1.29 is 4.74 Å². The average molecular weight is 345 g/mol. The Bertz CT molecular complexity index is 820. The van der Waals surface area contributed by atoms with E-state index in [0.29, 0.717) is 22.4 Å². The van der Waals surface area contributed by atoms with Crippen LogP contribution in [0.1, 0.15) is 11.4 Å². The fourth-order valence-electron chi connectivity index (χ4n) is 2.26. The van der Waals surface area contributed by atoms with Crippen LogP contribution in [0.15, 0.2) is 54.6 Å². The van der Waals surface area contributed by atoms with Crippen LogP contribution in [0, 0.1) is 0 Å². The summed E-state index contributed by atoms with van der Waals surface area (Å²) in [5, 5.41) is 1.12. The minimum absolute atomic E-state index is 0.418. The number of methoxy groups -OCH3 is 1. The number of ether oxygens (including phenoxy) is 1. The first-order chi connectivity index (χ1) is 11.1. The topological polar surface area (TPSA) is 35.0 Å². The van der Waals surface area contributed by atoms with E-state index in [0.717, 1.165) is 22.6 Å². The smallest absolute Gasteiger partial charge is 0.135 e. The molecule has 3 nitrogen and oxygen atoms in total. The van der Waals surface area contributed by atoms with Crippen molar-refractivity contribution in [1.82, 2.24) is 9.97 Å². The molecule has 2 aromatic carbocycles. The first kappa shape index (κ1) is 15.8. The molecule has 0 bridgehead atoms. The van der Waals surface area contributed by atoms with Gasteiger partial charge >= 0.3 is 0 Å². The van der Waals surface area contributed by atoms with Gasteiger partial charge in [0.15, 0.2) is 0 Å². The van der Waals surface area contributed by atoms with Gasteiger partial charge in [-0.05, 0) is 29.8 Å². The van der Waals surface area contributed by atoms with Gasteiger partial charge in [0, 0.05) is 23.1 Å². The summed E-state index contributed by atoms with van der Waals surface area (Å²) < 4.78 is 5.25. The molecule has 0 saturated carbocycles. The average Bonchev–Trinajstić information content (AvgIpc) is 2.56. The van der Waals surface area contributed by atoms with Crippen LogP contribution in [-0.2, 0) is 6.42 Å². The quantitative estimate of drug-likeness (QED) is 0.621. The standard InChI is InChI=1S/C18H14Cl2N2O/c1-23-15-4-2-3-13(10-15)16-11-17(20)22-18(21-16)9-12-5-7-14(19)8-6-12/h2-8,10-11H,9H2,1H3. The highest BCUT2D eigenvalue weighted by atomic mass is 35.5. The van der Waals surface area contributed by atoms with Crippen LogP contribution in [0.5, 0.6) is 5.75 Å². The van der Waals surface area contributed by atoms with Crippen molar-refractivity contribution in [2.24, 2.45) is 0 Å². The van der Waals surface area contributed by atoms with Gasteiger partial charge in [0.05, 0.1) is 12.8 Å². The van der Waals surface area contributed by atoms with E-state index in [1.165, 1.54) is 0 Å². The molecule has 0 amide bonds. The lowest BCUT2D eigenvalue weighted by Crippen LogP contribution is -1.99. The van der Waals surface area contributed by atoms with E-state index in [1.807, 2.05) is 48.5 Å². The van der Waals surface area contributed by atoms with Gasteiger partial charge in [-0.3, -0.25) is 0 Å². The Morgan fingerprint density at radius 2 is 1.74 bits per heavy atom. The Morgan fingerprint density at radius 3 is 2.48 bits per heavy atom. The number of nitrogens with zero attached hydrogens (tertiary/aromatic N) is 2. The monoisotopic (exact) mass is 344 g/mol. The molecule has 5 heteroatoms. The Kier molecular flexibility index (Phi) is 4.79. The zero-order chi connectivity index (χ0) is 16.2. The molecule has 0 unspecified atom stereocenters. The molecule has 0 aliphatic heterocycles. The molecule has 0 fully saturated rings. The zero-order valence-corrected chi connectivity index (χ0v) is 14.0. The number of rotatable bonds is 4. The van der Waals surface area contributed by atoms with Crippen molar-refractivity contribution in [2.75, 3.05) is 7.11 Å². The predicted octanol–water partition coefficient (Wildman–Crippen LogP) is 5.05. The third-order valence-electron chi connectivity index (χ3n) is 3.38. The molecule has 0 N–H and O–H groups in total. The van der Waals surface area contributed by atoms with Crippen LogP contribution in [0.3, 0.4) is 0 Å². The van der Waals surface area contributed by atoms with E-state index in [1.54, 1.807) is 13.2 Å². The van der Waals surface area contributed by atoms with Crippen molar-refractivity contribution >= 4 is 23.2 Å². The molecule has 0 aliphatic rings. The first-order valence-electron chi connectivity index (χ1n) is 7.06. The Morgan fingerprint density at radius 1 is 0.957 bits per heavy atom. The van der Waals surface area contributed by atoms with Crippen LogP contribution in [0.25, 0.3) is 11.3 Å². The molecule has 0 spiro atoms. The predicted molar refractivity (Wildman–Crippen MR) is 93.3 cm³/mol. The second kappa shape index (κ2) is 6.99. The molecule has 0 aliphatic carbocycles. The lowest BCUT2D eigenvalue weighted by molar-refractivity contribution is 0.415. The highest BCUT2D eigenvalue weighted by Gasteiger charge is 2.08. The van der Waals surface area contributed by atoms with Crippen molar-refractivity contribution in [3.05, 3.63) is 76.2 Å². The third-order valence-corrected chi connectivity index (χ3v) is 3.83. The zero-order valence-electron chi connectivity index (χ0n) is 12.5. The second-order valence-corrected chi connectivity index (χ2v) is 5.85. The van der Waals surface area contributed by atoms with E-state index < -0.39 is 0 Å². The molecule has 1 heterocycles. The molecule has 1 aromatic heterocycles. The largest absolute Gasteiger partial charge is 0.497 e. The van der Waals surface area contributed by atoms with Crippen molar-refractivity contribution in [1.29, 1.82) is 0 Å². The number of benzene rings is 2. The minimum Gasteiger partial charge on any atom is -0.497 e. The summed E-state index contributed by atoms with van der Waals surface area (Å²) in [5.41, 5.74) is 2.78. The molecule has 3 aromatic rings. The molecule has 116 valence electrons. The van der Waals surface area contributed by atoms with Crippen molar-refractivity contribution in [2.45, 2.75) is 6.42 Å². The van der Waals surface area contributed by atoms with E-state index in [9.17, 15) is 0 Å². The molecular weight excluding hydrogens is 331 g/mol. The summed E-state index contributed by atoms with van der Waals surface area (Å²) in [7, 11) is 1.64. The fourth-order valence-corrected chi connectivity index (χ4v) is 2.59. The van der Waals surface area contributed by atoms with Crippen LogP contribution in [-0.4, -0.2) is 17.1 Å². The normalized spacial score (nSPS) is 10.6. The molecular formula is C18H14Cl2N2O. The molecule has 0 radical (unpaired) electrons. The van der Waals surface area contributed by atoms with Gasteiger partial charge in [0.1, 0.15) is 16.7 Å². The van der Waals surface area contributed by atoms with Crippen molar-refractivity contribution in [3.63, 3.8) is 0 Å². The molecule has 23 heavy (non-hydrogen) atoms. The minimum atomic E-state index is 0.418. The lowest BCUT2D eigenvalue weighted by Gasteiger charge is -2.07. The molecule has 3 rings (SSSR count). The van der Waals surface area contributed by atoms with Gasteiger partial charge in [0.2, 0.25) is 0 Å². The summed E-state index contributed by atoms with van der Waals surface area (Å²) in [4.78, 5) is 8.92. The highest BCUT2D eigenvalue weighted by molar-refractivity contribution is 6.30. The Hall–Kier alpha value is -2.10. The Labute approximate surface area is 144 Å². The van der Waals surface area contributed by atoms with Crippen LogP contribution >= 0.6 is 23.2 Å². The van der Waals surface area contributed by atoms with E-state index in [4.69, 9.17) is 27.9 Å². The summed E-state index contributed by atoms with van der Waals surface area (Å²) >= 11 is 12.1. The first-order valence-corrected chi connectivity index (χ1v) is 7.82. The number of halogens is 2. The van der Waals surface area contributed by atoms with Crippen molar-refractivity contribution in [3.8, 4) is 17.0 Å². The lowest BCUT2D eigenvalue weighted by atomic mass is 10.1.